The van der Waals surface area contributed by atoms with Gasteiger partial charge in [-0.05, 0) is 51.6 Å². The van der Waals surface area contributed by atoms with Crippen LogP contribution in [0, 0.1) is 0 Å². The molecule has 19 heavy (non-hydrogen) atoms. The Bertz CT molecular complexity index is 650. The monoisotopic (exact) mass is 361 g/mol. The minimum absolute atomic E-state index is 0.223. The Morgan fingerprint density at radius 1 is 1.26 bits per heavy atom. The quantitative estimate of drug-likeness (QED) is 0.890. The Hall–Kier alpha value is -0.890. The zero-order valence-electron chi connectivity index (χ0n) is 10.1. The molecule has 0 aliphatic heterocycles. The molecule has 1 aromatic heterocycles. The molecule has 0 saturated carbocycles. The van der Waals surface area contributed by atoms with Gasteiger partial charge in [0.2, 0.25) is 10.0 Å². The van der Waals surface area contributed by atoms with Gasteiger partial charge in [0.1, 0.15) is 5.75 Å². The number of ether oxygens (including phenoxy) is 1. The minimum Gasteiger partial charge on any atom is -0.497 e. The summed E-state index contributed by atoms with van der Waals surface area (Å²) in [6.07, 6.45) is 0. The van der Waals surface area contributed by atoms with Crippen molar-refractivity contribution in [1.29, 1.82) is 0 Å². The van der Waals surface area contributed by atoms with E-state index in [9.17, 15) is 8.42 Å². The predicted octanol–water partition coefficient (Wildman–Crippen LogP) is 3.00. The fourth-order valence-electron chi connectivity index (χ4n) is 1.45. The Labute approximate surface area is 124 Å². The van der Waals surface area contributed by atoms with Crippen molar-refractivity contribution in [2.45, 2.75) is 11.4 Å². The third-order valence-corrected chi connectivity index (χ3v) is 5.83. The van der Waals surface area contributed by atoms with Crippen molar-refractivity contribution in [2.75, 3.05) is 7.11 Å². The zero-order chi connectivity index (χ0) is 13.9. The molecule has 0 amide bonds. The number of halogens is 1. The summed E-state index contributed by atoms with van der Waals surface area (Å²) in [5.74, 6) is 0.625. The Kier molecular flexibility index (Phi) is 4.62. The van der Waals surface area contributed by atoms with Gasteiger partial charge in [-0.2, -0.15) is 0 Å². The lowest BCUT2D eigenvalue weighted by molar-refractivity contribution is 0.414. The van der Waals surface area contributed by atoms with Crippen LogP contribution >= 0.6 is 27.3 Å². The van der Waals surface area contributed by atoms with Crippen molar-refractivity contribution < 1.29 is 13.2 Å². The van der Waals surface area contributed by atoms with E-state index in [0.717, 1.165) is 9.35 Å². The summed E-state index contributed by atoms with van der Waals surface area (Å²) in [6, 6.07) is 8.17. The van der Waals surface area contributed by atoms with Crippen molar-refractivity contribution in [3.8, 4) is 5.75 Å². The maximum absolute atomic E-state index is 12.1. The van der Waals surface area contributed by atoms with Crippen molar-refractivity contribution in [1.82, 2.24) is 4.72 Å². The molecular weight excluding hydrogens is 350 g/mol. The Balaban J connectivity index is 2.11. The molecule has 1 N–H and O–H groups in total. The van der Waals surface area contributed by atoms with E-state index >= 15 is 0 Å². The van der Waals surface area contributed by atoms with Crippen LogP contribution in [0.15, 0.2) is 45.1 Å². The van der Waals surface area contributed by atoms with Crippen molar-refractivity contribution >= 4 is 37.3 Å². The summed E-state index contributed by atoms with van der Waals surface area (Å²) < 4.78 is 32.6. The van der Waals surface area contributed by atoms with Gasteiger partial charge in [-0.15, -0.1) is 11.3 Å². The topological polar surface area (TPSA) is 55.4 Å². The molecule has 2 rings (SSSR count). The van der Waals surface area contributed by atoms with E-state index in [4.69, 9.17) is 4.74 Å². The van der Waals surface area contributed by atoms with Crippen molar-refractivity contribution in [3.63, 3.8) is 0 Å². The van der Waals surface area contributed by atoms with Crippen molar-refractivity contribution in [2.24, 2.45) is 0 Å². The van der Waals surface area contributed by atoms with E-state index in [2.05, 4.69) is 20.7 Å². The Morgan fingerprint density at radius 3 is 2.47 bits per heavy atom. The number of nitrogens with one attached hydrogen (secondary N) is 1. The highest BCUT2D eigenvalue weighted by atomic mass is 79.9. The number of hydrogen-bond acceptors (Lipinski definition) is 4. The maximum atomic E-state index is 12.1. The van der Waals surface area contributed by atoms with Crippen LogP contribution in [-0.2, 0) is 16.6 Å². The summed E-state index contributed by atoms with van der Waals surface area (Å²) in [5, 5.41) is 1.90. The second-order valence-electron chi connectivity index (χ2n) is 3.69. The molecule has 0 aliphatic carbocycles. The van der Waals surface area contributed by atoms with Gasteiger partial charge in [-0.3, -0.25) is 0 Å². The van der Waals surface area contributed by atoms with E-state index in [0.29, 0.717) is 5.75 Å². The molecule has 102 valence electrons. The number of sulfonamides is 1. The summed E-state index contributed by atoms with van der Waals surface area (Å²) >= 11 is 4.87. The lowest BCUT2D eigenvalue weighted by atomic mass is 10.3. The number of thiophene rings is 1. The van der Waals surface area contributed by atoms with Crippen LogP contribution in [0.1, 0.15) is 4.88 Å². The molecule has 2 aromatic rings. The average molecular weight is 362 g/mol. The van der Waals surface area contributed by atoms with Gasteiger partial charge in [0.15, 0.2) is 0 Å². The first kappa shape index (κ1) is 14.5. The van der Waals surface area contributed by atoms with Crippen LogP contribution < -0.4 is 9.46 Å². The molecule has 0 atom stereocenters. The molecule has 0 spiro atoms. The number of benzene rings is 1. The van der Waals surface area contributed by atoms with Gasteiger partial charge >= 0.3 is 0 Å². The van der Waals surface area contributed by atoms with Gasteiger partial charge in [0.05, 0.1) is 12.0 Å². The first-order valence-electron chi connectivity index (χ1n) is 5.38. The molecule has 4 nitrogen and oxygen atoms in total. The molecule has 0 saturated heterocycles. The molecule has 0 aliphatic rings. The van der Waals surface area contributed by atoms with Crippen LogP contribution in [0.3, 0.4) is 0 Å². The summed E-state index contributed by atoms with van der Waals surface area (Å²) in [7, 11) is -1.96. The van der Waals surface area contributed by atoms with Crippen LogP contribution in [0.25, 0.3) is 0 Å². The van der Waals surface area contributed by atoms with Crippen LogP contribution in [0.4, 0.5) is 0 Å². The highest BCUT2D eigenvalue weighted by Gasteiger charge is 2.14. The van der Waals surface area contributed by atoms with Crippen LogP contribution in [0.5, 0.6) is 5.75 Å². The highest BCUT2D eigenvalue weighted by molar-refractivity contribution is 9.10. The van der Waals surface area contributed by atoms with Gasteiger partial charge in [-0.1, -0.05) is 0 Å². The minimum atomic E-state index is -3.50. The van der Waals surface area contributed by atoms with E-state index in [1.807, 2.05) is 11.4 Å². The summed E-state index contributed by atoms with van der Waals surface area (Å²) in [4.78, 5) is 1.16. The first-order chi connectivity index (χ1) is 9.03. The fourth-order valence-corrected chi connectivity index (χ4v) is 3.97. The van der Waals surface area contributed by atoms with Crippen LogP contribution in [-0.4, -0.2) is 15.5 Å². The molecule has 7 heteroatoms. The summed E-state index contributed by atoms with van der Waals surface area (Å²) in [6.45, 7) is 0.270. The second kappa shape index (κ2) is 6.04. The SMILES string of the molecule is COc1ccc(S(=O)(=O)NCc2sccc2Br)cc1. The molecule has 0 unspecified atom stereocenters. The smallest absolute Gasteiger partial charge is 0.240 e. The Morgan fingerprint density at radius 2 is 1.95 bits per heavy atom. The normalized spacial score (nSPS) is 11.5. The third-order valence-electron chi connectivity index (χ3n) is 2.48. The molecule has 0 bridgehead atoms. The van der Waals surface area contributed by atoms with E-state index < -0.39 is 10.0 Å². The fraction of sp³-hybridized carbons (Fsp3) is 0.167. The van der Waals surface area contributed by atoms with Gasteiger partial charge in [0, 0.05) is 15.9 Å². The lowest BCUT2D eigenvalue weighted by Gasteiger charge is -2.07. The number of hydrogen-bond donors (Lipinski definition) is 1. The highest BCUT2D eigenvalue weighted by Crippen LogP contribution is 2.23. The van der Waals surface area contributed by atoms with Gasteiger partial charge in [-0.25, -0.2) is 13.1 Å². The van der Waals surface area contributed by atoms with E-state index in [1.165, 1.54) is 30.6 Å². The standard InChI is InChI=1S/C12H12BrNO3S2/c1-17-9-2-4-10(5-3-9)19(15,16)14-8-12-11(13)6-7-18-12/h2-7,14H,8H2,1H3. The molecule has 0 fully saturated rings. The molecule has 0 radical (unpaired) electrons. The largest absolute Gasteiger partial charge is 0.497 e. The number of rotatable bonds is 5. The molecule has 1 aromatic carbocycles. The van der Waals surface area contributed by atoms with Crippen LogP contribution in [0.2, 0.25) is 0 Å². The third kappa shape index (κ3) is 3.56. The maximum Gasteiger partial charge on any atom is 0.240 e. The lowest BCUT2D eigenvalue weighted by Crippen LogP contribution is -2.22. The van der Waals surface area contributed by atoms with E-state index in [-0.39, 0.29) is 11.4 Å². The molecular formula is C12H12BrNO3S2. The van der Waals surface area contributed by atoms with Crippen molar-refractivity contribution in [3.05, 3.63) is 45.1 Å². The van der Waals surface area contributed by atoms with Gasteiger partial charge < -0.3 is 4.74 Å². The summed E-state index contributed by atoms with van der Waals surface area (Å²) in [5.41, 5.74) is 0. The second-order valence-corrected chi connectivity index (χ2v) is 7.31. The first-order valence-corrected chi connectivity index (χ1v) is 8.54. The van der Waals surface area contributed by atoms with E-state index in [1.54, 1.807) is 12.1 Å². The number of methoxy groups -OCH3 is 1. The zero-order valence-corrected chi connectivity index (χ0v) is 13.3. The average Bonchev–Trinajstić information content (AvgIpc) is 2.82. The molecule has 1 heterocycles. The predicted molar refractivity (Wildman–Crippen MR) is 79.0 cm³/mol. The van der Waals surface area contributed by atoms with Gasteiger partial charge in [0.25, 0.3) is 0 Å².